The monoisotopic (exact) mass is 422 g/mol. The van der Waals surface area contributed by atoms with Gasteiger partial charge in [0.2, 0.25) is 0 Å². The molecule has 0 radical (unpaired) electrons. The van der Waals surface area contributed by atoms with Gasteiger partial charge in [0.1, 0.15) is 11.9 Å². The van der Waals surface area contributed by atoms with Crippen LogP contribution in [0.15, 0.2) is 54.9 Å². The summed E-state index contributed by atoms with van der Waals surface area (Å²) < 4.78 is 20.1. The van der Waals surface area contributed by atoms with Crippen molar-refractivity contribution in [3.8, 4) is 17.1 Å². The number of thiazole rings is 1. The minimum Gasteiger partial charge on any atom is -0.460 e. The molecule has 1 atom stereocenters. The zero-order chi connectivity index (χ0) is 21.3. The molecule has 0 aliphatic heterocycles. The molecule has 2 heterocycles. The second-order valence-electron chi connectivity index (χ2n) is 8.21. The summed E-state index contributed by atoms with van der Waals surface area (Å²) in [6, 6.07) is 12.9. The molecule has 1 N–H and O–H groups in total. The molecule has 0 saturated heterocycles. The van der Waals surface area contributed by atoms with Crippen molar-refractivity contribution in [2.75, 3.05) is 5.32 Å². The average Bonchev–Trinajstić information content (AvgIpc) is 3.10. The first kappa shape index (κ1) is 20.2. The van der Waals surface area contributed by atoms with E-state index < -0.39 is 0 Å². The normalized spacial score (nSPS) is 12.7. The van der Waals surface area contributed by atoms with Gasteiger partial charge in [-0.1, -0.05) is 44.2 Å². The first-order valence-corrected chi connectivity index (χ1v) is 10.5. The fourth-order valence-corrected chi connectivity index (χ4v) is 3.55. The molecule has 0 aliphatic carbocycles. The molecular formula is C23H23FN4OS. The zero-order valence-electron chi connectivity index (χ0n) is 17.3. The quantitative estimate of drug-likeness (QED) is 0.400. The van der Waals surface area contributed by atoms with Gasteiger partial charge in [0.05, 0.1) is 10.2 Å². The highest BCUT2D eigenvalue weighted by molar-refractivity contribution is 7.22. The van der Waals surface area contributed by atoms with Crippen LogP contribution in [0.5, 0.6) is 6.01 Å². The van der Waals surface area contributed by atoms with Gasteiger partial charge in [0, 0.05) is 29.7 Å². The molecule has 4 rings (SSSR count). The van der Waals surface area contributed by atoms with Crippen molar-refractivity contribution < 1.29 is 9.13 Å². The molecule has 30 heavy (non-hydrogen) atoms. The van der Waals surface area contributed by atoms with Crippen LogP contribution in [-0.2, 0) is 0 Å². The highest BCUT2D eigenvalue weighted by Gasteiger charge is 2.22. The Labute approximate surface area is 179 Å². The molecule has 5 nitrogen and oxygen atoms in total. The van der Waals surface area contributed by atoms with Crippen molar-refractivity contribution in [1.82, 2.24) is 15.0 Å². The van der Waals surface area contributed by atoms with E-state index in [1.807, 2.05) is 31.2 Å². The van der Waals surface area contributed by atoms with E-state index in [4.69, 9.17) is 4.74 Å². The lowest BCUT2D eigenvalue weighted by molar-refractivity contribution is 0.0931. The Hall–Kier alpha value is -3.06. The maximum absolute atomic E-state index is 13.3. The fourth-order valence-electron chi connectivity index (χ4n) is 2.68. The van der Waals surface area contributed by atoms with Crippen molar-refractivity contribution in [3.63, 3.8) is 0 Å². The number of rotatable bonds is 5. The summed E-state index contributed by atoms with van der Waals surface area (Å²) >= 11 is 1.49. The smallest absolute Gasteiger partial charge is 0.316 e. The van der Waals surface area contributed by atoms with Crippen LogP contribution < -0.4 is 10.1 Å². The summed E-state index contributed by atoms with van der Waals surface area (Å²) in [5, 5.41) is 3.99. The number of ether oxygens (including phenoxy) is 1. The summed E-state index contributed by atoms with van der Waals surface area (Å²) in [5.41, 5.74) is 3.48. The average molecular weight is 423 g/mol. The SMILES string of the molecule is CC(Oc1ncc(-c2ccc(Nc3nc4cc(F)ccc4s3)cc2)cn1)C(C)(C)C. The van der Waals surface area contributed by atoms with E-state index in [0.29, 0.717) is 11.5 Å². The van der Waals surface area contributed by atoms with Gasteiger partial charge in [-0.3, -0.25) is 0 Å². The van der Waals surface area contributed by atoms with Crippen LogP contribution in [0.2, 0.25) is 0 Å². The molecular weight excluding hydrogens is 399 g/mol. The number of nitrogens with zero attached hydrogens (tertiary/aromatic N) is 3. The number of halogens is 1. The molecule has 154 valence electrons. The number of nitrogens with one attached hydrogen (secondary N) is 1. The standard InChI is InChI=1S/C23H23FN4OS/c1-14(23(2,3)4)29-21-25-12-16(13-26-21)15-5-8-18(9-6-15)27-22-28-19-11-17(24)7-10-20(19)30-22/h5-14H,1-4H3,(H,27,28). The molecule has 0 amide bonds. The van der Waals surface area contributed by atoms with E-state index in [-0.39, 0.29) is 17.3 Å². The molecule has 0 saturated carbocycles. The van der Waals surface area contributed by atoms with E-state index in [2.05, 4.69) is 41.0 Å². The van der Waals surface area contributed by atoms with Gasteiger partial charge in [0.25, 0.3) is 0 Å². The topological polar surface area (TPSA) is 59.9 Å². The number of hydrogen-bond acceptors (Lipinski definition) is 6. The van der Waals surface area contributed by atoms with Crippen molar-refractivity contribution in [2.45, 2.75) is 33.8 Å². The highest BCUT2D eigenvalue weighted by atomic mass is 32.1. The Balaban J connectivity index is 1.45. The Morgan fingerprint density at radius 1 is 1.00 bits per heavy atom. The third-order valence-electron chi connectivity index (χ3n) is 4.95. The maximum Gasteiger partial charge on any atom is 0.316 e. The minimum atomic E-state index is -0.282. The summed E-state index contributed by atoms with van der Waals surface area (Å²) in [4.78, 5) is 13.1. The van der Waals surface area contributed by atoms with Crippen LogP contribution >= 0.6 is 11.3 Å². The Morgan fingerprint density at radius 2 is 1.70 bits per heavy atom. The molecule has 0 aliphatic rings. The number of hydrogen-bond donors (Lipinski definition) is 1. The number of aromatic nitrogens is 3. The van der Waals surface area contributed by atoms with Gasteiger partial charge in [-0.25, -0.2) is 19.3 Å². The zero-order valence-corrected chi connectivity index (χ0v) is 18.1. The van der Waals surface area contributed by atoms with Gasteiger partial charge in [0.15, 0.2) is 5.13 Å². The minimum absolute atomic E-state index is 0.00714. The summed E-state index contributed by atoms with van der Waals surface area (Å²) in [6.45, 7) is 8.38. The van der Waals surface area contributed by atoms with Crippen LogP contribution in [0.4, 0.5) is 15.2 Å². The molecule has 2 aromatic carbocycles. The molecule has 7 heteroatoms. The summed E-state index contributed by atoms with van der Waals surface area (Å²) in [5.74, 6) is -0.282. The van der Waals surface area contributed by atoms with Gasteiger partial charge in [-0.2, -0.15) is 0 Å². The molecule has 2 aromatic heterocycles. The van der Waals surface area contributed by atoms with E-state index in [0.717, 1.165) is 26.6 Å². The lowest BCUT2D eigenvalue weighted by Crippen LogP contribution is -2.29. The second kappa shape index (κ2) is 7.99. The third kappa shape index (κ3) is 4.57. The van der Waals surface area contributed by atoms with E-state index >= 15 is 0 Å². The summed E-state index contributed by atoms with van der Waals surface area (Å²) in [7, 11) is 0. The van der Waals surface area contributed by atoms with Crippen LogP contribution in [-0.4, -0.2) is 21.1 Å². The van der Waals surface area contributed by atoms with Gasteiger partial charge in [-0.05, 0) is 42.2 Å². The van der Waals surface area contributed by atoms with Crippen molar-refractivity contribution in [2.24, 2.45) is 5.41 Å². The lowest BCUT2D eigenvalue weighted by Gasteiger charge is -2.26. The van der Waals surface area contributed by atoms with E-state index in [9.17, 15) is 4.39 Å². The van der Waals surface area contributed by atoms with Crippen LogP contribution in [0, 0.1) is 11.2 Å². The number of benzene rings is 2. The maximum atomic E-state index is 13.3. The van der Waals surface area contributed by atoms with E-state index in [1.165, 1.54) is 23.5 Å². The van der Waals surface area contributed by atoms with Gasteiger partial charge in [-0.15, -0.1) is 0 Å². The number of anilines is 2. The van der Waals surface area contributed by atoms with Gasteiger partial charge < -0.3 is 10.1 Å². The third-order valence-corrected chi connectivity index (χ3v) is 5.90. The molecule has 0 fully saturated rings. The highest BCUT2D eigenvalue weighted by Crippen LogP contribution is 2.30. The lowest BCUT2D eigenvalue weighted by atomic mass is 9.90. The van der Waals surface area contributed by atoms with Gasteiger partial charge >= 0.3 is 6.01 Å². The summed E-state index contributed by atoms with van der Waals surface area (Å²) in [6.07, 6.45) is 3.54. The molecule has 4 aromatic rings. The Morgan fingerprint density at radius 3 is 2.37 bits per heavy atom. The first-order chi connectivity index (χ1) is 14.3. The largest absolute Gasteiger partial charge is 0.460 e. The predicted molar refractivity (Wildman–Crippen MR) is 120 cm³/mol. The van der Waals surface area contributed by atoms with Crippen LogP contribution in [0.25, 0.3) is 21.3 Å². The Bertz CT molecular complexity index is 1150. The Kier molecular flexibility index (Phi) is 5.39. The molecule has 0 bridgehead atoms. The molecule has 1 unspecified atom stereocenters. The van der Waals surface area contributed by atoms with E-state index in [1.54, 1.807) is 18.5 Å². The first-order valence-electron chi connectivity index (χ1n) is 9.70. The molecule has 0 spiro atoms. The fraction of sp³-hybridized carbons (Fsp3) is 0.261. The second-order valence-corrected chi connectivity index (χ2v) is 9.24. The van der Waals surface area contributed by atoms with Crippen molar-refractivity contribution in [3.05, 3.63) is 60.7 Å². The predicted octanol–water partition coefficient (Wildman–Crippen LogP) is 6.45. The van der Waals surface area contributed by atoms with Crippen LogP contribution in [0.3, 0.4) is 0 Å². The number of fused-ring (bicyclic) bond motifs is 1. The van der Waals surface area contributed by atoms with Crippen molar-refractivity contribution >= 4 is 32.4 Å². The van der Waals surface area contributed by atoms with Crippen molar-refractivity contribution in [1.29, 1.82) is 0 Å². The van der Waals surface area contributed by atoms with Crippen LogP contribution in [0.1, 0.15) is 27.7 Å².